The van der Waals surface area contributed by atoms with Crippen LogP contribution in [0.25, 0.3) is 11.0 Å². The first kappa shape index (κ1) is 24.2. The smallest absolute Gasteiger partial charge is 0.251 e. The van der Waals surface area contributed by atoms with Crippen LogP contribution in [-0.4, -0.2) is 22.4 Å². The van der Waals surface area contributed by atoms with Crippen LogP contribution in [0.1, 0.15) is 48.0 Å². The third-order valence-electron chi connectivity index (χ3n) is 6.25. The number of halogens is 1. The molecule has 1 fully saturated rings. The molecule has 2 heterocycles. The Hall–Kier alpha value is -2.52. The molecule has 1 aliphatic carbocycles. The van der Waals surface area contributed by atoms with Crippen LogP contribution in [-0.2, 0) is 6.54 Å². The summed E-state index contributed by atoms with van der Waals surface area (Å²) in [5, 5.41) is 9.07. The molecule has 9 heteroatoms. The number of hydrogen-bond donors (Lipinski definition) is 4. The molecule has 5 rings (SSSR count). The van der Waals surface area contributed by atoms with E-state index in [1.165, 1.54) is 36.3 Å². The Morgan fingerprint density at radius 3 is 2.86 bits per heavy atom. The molecular weight excluding hydrogens is 498 g/mol. The largest absolute Gasteiger partial charge is 0.352 e. The van der Waals surface area contributed by atoms with E-state index in [0.717, 1.165) is 28.8 Å². The van der Waals surface area contributed by atoms with E-state index in [9.17, 15) is 4.79 Å². The number of thiophene rings is 1. The lowest BCUT2D eigenvalue weighted by Gasteiger charge is -2.21. The predicted octanol–water partition coefficient (Wildman–Crippen LogP) is 7.13. The van der Waals surface area contributed by atoms with E-state index in [2.05, 4.69) is 36.8 Å². The molecule has 1 aliphatic rings. The van der Waals surface area contributed by atoms with Crippen molar-refractivity contribution < 1.29 is 4.79 Å². The molecule has 4 N–H and O–H groups in total. The summed E-state index contributed by atoms with van der Waals surface area (Å²) in [6.07, 6.45) is 6.28. The quantitative estimate of drug-likeness (QED) is 0.175. The van der Waals surface area contributed by atoms with Gasteiger partial charge in [-0.15, -0.1) is 11.3 Å². The fraction of sp³-hybridized carbons (Fsp3) is 0.308. The number of carbonyl (C=O) groups excluding carboxylic acids is 1. The normalized spacial score (nSPS) is 14.3. The van der Waals surface area contributed by atoms with Crippen LogP contribution >= 0.6 is 34.9 Å². The topological polar surface area (TPSA) is 81.8 Å². The van der Waals surface area contributed by atoms with Crippen LogP contribution < -0.4 is 15.4 Å². The molecule has 6 nitrogen and oxygen atoms in total. The van der Waals surface area contributed by atoms with E-state index in [1.807, 2.05) is 42.5 Å². The zero-order valence-corrected chi connectivity index (χ0v) is 21.7. The molecule has 182 valence electrons. The van der Waals surface area contributed by atoms with E-state index in [1.54, 1.807) is 23.3 Å². The first-order chi connectivity index (χ1) is 17.1. The molecule has 0 bridgehead atoms. The summed E-state index contributed by atoms with van der Waals surface area (Å²) in [5.41, 5.74) is 4.11. The van der Waals surface area contributed by atoms with E-state index in [-0.39, 0.29) is 5.91 Å². The Bertz CT molecular complexity index is 1280. The molecule has 2 aromatic carbocycles. The molecule has 0 atom stereocenters. The number of amides is 1. The van der Waals surface area contributed by atoms with Crippen LogP contribution in [0.4, 0.5) is 11.6 Å². The number of benzene rings is 2. The summed E-state index contributed by atoms with van der Waals surface area (Å²) >= 11 is 9.77. The van der Waals surface area contributed by atoms with Crippen molar-refractivity contribution in [2.24, 2.45) is 5.92 Å². The first-order valence-corrected chi connectivity index (χ1v) is 14.0. The molecule has 4 aromatic rings. The highest BCUT2D eigenvalue weighted by Gasteiger charge is 2.16. The number of hydrogen-bond acceptors (Lipinski definition) is 6. The Morgan fingerprint density at radius 1 is 1.14 bits per heavy atom. The summed E-state index contributed by atoms with van der Waals surface area (Å²) in [6.45, 7) is 1.45. The molecular formula is C26H28ClN5OS2. The van der Waals surface area contributed by atoms with E-state index in [0.29, 0.717) is 29.0 Å². The van der Waals surface area contributed by atoms with Crippen molar-refractivity contribution in [3.05, 3.63) is 70.1 Å². The fourth-order valence-corrected chi connectivity index (χ4v) is 6.04. The third-order valence-corrected chi connectivity index (χ3v) is 8.40. The van der Waals surface area contributed by atoms with Crippen molar-refractivity contribution in [1.29, 1.82) is 0 Å². The van der Waals surface area contributed by atoms with Crippen molar-refractivity contribution in [1.82, 2.24) is 20.0 Å². The summed E-state index contributed by atoms with van der Waals surface area (Å²) in [7, 11) is 0. The number of aromatic amines is 1. The molecule has 1 saturated carbocycles. The van der Waals surface area contributed by atoms with Crippen LogP contribution in [0, 0.1) is 5.92 Å². The highest BCUT2D eigenvalue weighted by Crippen LogP contribution is 2.28. The summed E-state index contributed by atoms with van der Waals surface area (Å²) in [4.78, 5) is 20.6. The molecule has 0 aliphatic heterocycles. The van der Waals surface area contributed by atoms with E-state index >= 15 is 0 Å². The summed E-state index contributed by atoms with van der Waals surface area (Å²) < 4.78 is 4.60. The van der Waals surface area contributed by atoms with Crippen LogP contribution in [0.3, 0.4) is 0 Å². The summed E-state index contributed by atoms with van der Waals surface area (Å²) in [6, 6.07) is 15.6. The van der Waals surface area contributed by atoms with Gasteiger partial charge in [0, 0.05) is 18.7 Å². The van der Waals surface area contributed by atoms with Gasteiger partial charge in [0.15, 0.2) is 0 Å². The molecule has 0 unspecified atom stereocenters. The van der Waals surface area contributed by atoms with Gasteiger partial charge in [-0.05, 0) is 78.0 Å². The van der Waals surface area contributed by atoms with Crippen LogP contribution in [0.15, 0.2) is 58.1 Å². The van der Waals surface area contributed by atoms with Gasteiger partial charge in [0.05, 0.1) is 26.0 Å². The minimum absolute atomic E-state index is 0.0368. The second-order valence-electron chi connectivity index (χ2n) is 8.83. The zero-order chi connectivity index (χ0) is 24.0. The maximum atomic E-state index is 12.7. The van der Waals surface area contributed by atoms with Crippen LogP contribution in [0.5, 0.6) is 0 Å². The molecule has 0 saturated heterocycles. The van der Waals surface area contributed by atoms with Gasteiger partial charge in [-0.1, -0.05) is 43.0 Å². The highest BCUT2D eigenvalue weighted by molar-refractivity contribution is 7.99. The zero-order valence-electron chi connectivity index (χ0n) is 19.3. The number of aromatic nitrogens is 2. The average Bonchev–Trinajstić information content (AvgIpc) is 3.54. The fourth-order valence-electron chi connectivity index (χ4n) is 4.36. The Morgan fingerprint density at radius 2 is 2.03 bits per heavy atom. The lowest BCUT2D eigenvalue weighted by Crippen LogP contribution is -2.30. The van der Waals surface area contributed by atoms with Crippen molar-refractivity contribution in [2.75, 3.05) is 11.9 Å². The standard InChI is InChI=1S/C26H28ClN5OS2/c27-20-10-8-18(16-29-35-24-7-4-12-34-24)13-22(20)31-26-30-21-11-9-19(14-23(21)32-26)25(33)28-15-17-5-2-1-3-6-17/h4,7-14,17,29H,1-3,5-6,15-16H2,(H,28,33)(H2,30,31,32). The van der Waals surface area contributed by atoms with Gasteiger partial charge in [-0.25, -0.2) is 4.98 Å². The summed E-state index contributed by atoms with van der Waals surface area (Å²) in [5.74, 6) is 1.15. The van der Waals surface area contributed by atoms with Gasteiger partial charge < -0.3 is 15.6 Å². The molecule has 35 heavy (non-hydrogen) atoms. The SMILES string of the molecule is O=C(NCC1CCCCC1)c1ccc2nc(Nc3cc(CNSc4cccs4)ccc3Cl)[nH]c2c1. The molecule has 0 spiro atoms. The Balaban J connectivity index is 1.22. The highest BCUT2D eigenvalue weighted by atomic mass is 35.5. The number of imidazole rings is 1. The molecule has 0 radical (unpaired) electrons. The third kappa shape index (κ3) is 6.38. The average molecular weight is 526 g/mol. The number of rotatable bonds is 9. The minimum atomic E-state index is -0.0368. The van der Waals surface area contributed by atoms with Crippen molar-refractivity contribution >= 4 is 63.5 Å². The Labute approximate surface area is 218 Å². The lowest BCUT2D eigenvalue weighted by atomic mass is 9.89. The second-order valence-corrected chi connectivity index (χ2v) is 11.4. The number of fused-ring (bicyclic) bond motifs is 1. The first-order valence-electron chi connectivity index (χ1n) is 11.9. The minimum Gasteiger partial charge on any atom is -0.352 e. The maximum absolute atomic E-state index is 12.7. The number of nitrogens with one attached hydrogen (secondary N) is 4. The van der Waals surface area contributed by atoms with Gasteiger partial charge in [0.1, 0.15) is 0 Å². The number of H-pyrrole nitrogens is 1. The predicted molar refractivity (Wildman–Crippen MR) is 147 cm³/mol. The van der Waals surface area contributed by atoms with E-state index in [4.69, 9.17) is 11.6 Å². The van der Waals surface area contributed by atoms with Crippen molar-refractivity contribution in [3.63, 3.8) is 0 Å². The monoisotopic (exact) mass is 525 g/mol. The number of nitrogens with zero attached hydrogens (tertiary/aromatic N) is 1. The molecule has 2 aromatic heterocycles. The van der Waals surface area contributed by atoms with Gasteiger partial charge in [0.25, 0.3) is 5.91 Å². The van der Waals surface area contributed by atoms with Gasteiger partial charge in [0.2, 0.25) is 5.95 Å². The van der Waals surface area contributed by atoms with Crippen LogP contribution in [0.2, 0.25) is 5.02 Å². The Kier molecular flexibility index (Phi) is 7.93. The maximum Gasteiger partial charge on any atom is 0.251 e. The van der Waals surface area contributed by atoms with Crippen molar-refractivity contribution in [3.8, 4) is 0 Å². The van der Waals surface area contributed by atoms with Gasteiger partial charge in [-0.3, -0.25) is 9.52 Å². The number of anilines is 2. The molecule has 1 amide bonds. The van der Waals surface area contributed by atoms with Gasteiger partial charge >= 0.3 is 0 Å². The van der Waals surface area contributed by atoms with E-state index < -0.39 is 0 Å². The van der Waals surface area contributed by atoms with Gasteiger partial charge in [-0.2, -0.15) is 0 Å². The lowest BCUT2D eigenvalue weighted by molar-refractivity contribution is 0.0943. The van der Waals surface area contributed by atoms with Crippen molar-refractivity contribution in [2.45, 2.75) is 42.9 Å². The second kappa shape index (κ2) is 11.5. The number of carbonyl (C=O) groups is 1.